The molecule has 0 saturated carbocycles. The molecule has 1 aromatic carbocycles. The quantitative estimate of drug-likeness (QED) is 0.607. The van der Waals surface area contributed by atoms with Crippen LogP contribution in [-0.2, 0) is 27.5 Å². The minimum absolute atomic E-state index is 0.0333. The number of hydrogen-bond donors (Lipinski definition) is 2. The average Bonchev–Trinajstić information content (AvgIpc) is 3.30. The number of nitrogens with one attached hydrogen (secondary N) is 2. The van der Waals surface area contributed by atoms with Crippen molar-refractivity contribution in [1.82, 2.24) is 5.32 Å². The van der Waals surface area contributed by atoms with Gasteiger partial charge in [0.2, 0.25) is 5.91 Å². The van der Waals surface area contributed by atoms with Crippen molar-refractivity contribution in [2.24, 2.45) is 5.92 Å². The number of hydrogen-bond acceptors (Lipinski definition) is 6. The molecule has 33 heavy (non-hydrogen) atoms. The molecule has 0 bridgehead atoms. The Morgan fingerprint density at radius 3 is 2.61 bits per heavy atom. The van der Waals surface area contributed by atoms with Crippen LogP contribution >= 0.6 is 11.3 Å². The Morgan fingerprint density at radius 1 is 1.18 bits per heavy atom. The van der Waals surface area contributed by atoms with Gasteiger partial charge in [-0.15, -0.1) is 11.3 Å². The third-order valence-electron chi connectivity index (χ3n) is 6.09. The van der Waals surface area contributed by atoms with Crippen molar-refractivity contribution in [3.8, 4) is 5.75 Å². The van der Waals surface area contributed by atoms with E-state index in [0.717, 1.165) is 41.0 Å². The first-order valence-corrected chi connectivity index (χ1v) is 13.7. The smallest absolute Gasteiger partial charge is 0.254 e. The van der Waals surface area contributed by atoms with Crippen LogP contribution in [0.25, 0.3) is 6.08 Å². The molecule has 1 aliphatic carbocycles. The van der Waals surface area contributed by atoms with E-state index in [2.05, 4.69) is 17.6 Å². The summed E-state index contributed by atoms with van der Waals surface area (Å²) in [5, 5.41) is 6.30. The van der Waals surface area contributed by atoms with Crippen molar-refractivity contribution in [3.05, 3.63) is 51.9 Å². The molecule has 2 heterocycles. The Bertz CT molecular complexity index is 1180. The maximum Gasteiger partial charge on any atom is 0.254 e. The molecule has 1 saturated heterocycles. The third-order valence-corrected chi connectivity index (χ3v) is 9.02. The highest BCUT2D eigenvalue weighted by molar-refractivity contribution is 7.91. The Morgan fingerprint density at radius 2 is 1.94 bits per heavy atom. The zero-order valence-electron chi connectivity index (χ0n) is 18.7. The first kappa shape index (κ1) is 23.5. The molecular formula is C24H28N2O5S2. The van der Waals surface area contributed by atoms with Crippen LogP contribution in [0.15, 0.2) is 30.3 Å². The molecule has 1 aliphatic heterocycles. The van der Waals surface area contributed by atoms with Gasteiger partial charge in [-0.25, -0.2) is 8.42 Å². The SMILES string of the molecule is COc1ccc(/C=C/C(=O)Nc2sc3c(c2C(=O)N[C@@H]2CCS(=O)(=O)C2)CC[C@H](C)C3)cc1. The van der Waals surface area contributed by atoms with Crippen LogP contribution in [0.2, 0.25) is 0 Å². The van der Waals surface area contributed by atoms with Gasteiger partial charge in [0.25, 0.3) is 5.91 Å². The summed E-state index contributed by atoms with van der Waals surface area (Å²) >= 11 is 1.45. The summed E-state index contributed by atoms with van der Waals surface area (Å²) in [4.78, 5) is 27.0. The second-order valence-electron chi connectivity index (χ2n) is 8.73. The highest BCUT2D eigenvalue weighted by Crippen LogP contribution is 2.39. The average molecular weight is 489 g/mol. The van der Waals surface area contributed by atoms with Gasteiger partial charge >= 0.3 is 0 Å². The van der Waals surface area contributed by atoms with Crippen LogP contribution in [0, 0.1) is 5.92 Å². The van der Waals surface area contributed by atoms with E-state index < -0.39 is 9.84 Å². The molecule has 0 spiro atoms. The van der Waals surface area contributed by atoms with Gasteiger partial charge in [-0.2, -0.15) is 0 Å². The minimum atomic E-state index is -3.10. The minimum Gasteiger partial charge on any atom is -0.497 e. The predicted molar refractivity (Wildman–Crippen MR) is 131 cm³/mol. The van der Waals surface area contributed by atoms with Crippen molar-refractivity contribution < 1.29 is 22.7 Å². The van der Waals surface area contributed by atoms with Gasteiger partial charge in [0.05, 0.1) is 24.2 Å². The van der Waals surface area contributed by atoms with Crippen LogP contribution in [0.1, 0.15) is 46.1 Å². The molecular weight excluding hydrogens is 460 g/mol. The lowest BCUT2D eigenvalue weighted by Crippen LogP contribution is -2.36. The molecule has 1 fully saturated rings. The molecule has 2 amide bonds. The summed E-state index contributed by atoms with van der Waals surface area (Å²) < 4.78 is 28.7. The largest absolute Gasteiger partial charge is 0.497 e. The standard InChI is InChI=1S/C24H28N2O5S2/c1-15-3-9-19-20(13-15)32-24(22(19)23(28)25-17-11-12-33(29,30)14-17)26-21(27)10-6-16-4-7-18(31-2)8-5-16/h4-8,10,15,17H,3,9,11-14H2,1-2H3,(H,25,28)(H,26,27)/b10-6+/t15-,17+/m0/s1. The van der Waals surface area contributed by atoms with Crippen LogP contribution in [0.4, 0.5) is 5.00 Å². The fraction of sp³-hybridized carbons (Fsp3) is 0.417. The highest BCUT2D eigenvalue weighted by Gasteiger charge is 2.32. The Kier molecular flexibility index (Phi) is 6.90. The number of thiophene rings is 1. The number of methoxy groups -OCH3 is 1. The predicted octanol–water partition coefficient (Wildman–Crippen LogP) is 3.45. The Balaban J connectivity index is 1.53. The van der Waals surface area contributed by atoms with Crippen LogP contribution in [-0.4, -0.2) is 44.9 Å². The van der Waals surface area contributed by atoms with Crippen LogP contribution in [0.3, 0.4) is 0 Å². The maximum atomic E-state index is 13.2. The molecule has 2 aromatic rings. The molecule has 2 N–H and O–H groups in total. The highest BCUT2D eigenvalue weighted by atomic mass is 32.2. The molecule has 0 unspecified atom stereocenters. The molecule has 9 heteroatoms. The van der Waals surface area contributed by atoms with Crippen molar-refractivity contribution in [3.63, 3.8) is 0 Å². The number of carbonyl (C=O) groups is 2. The Labute approximate surface area is 198 Å². The van der Waals surface area contributed by atoms with E-state index in [1.165, 1.54) is 17.4 Å². The topological polar surface area (TPSA) is 102 Å². The number of ether oxygens (including phenoxy) is 1. The number of carbonyl (C=O) groups excluding carboxylic acids is 2. The molecule has 7 nitrogen and oxygen atoms in total. The lowest BCUT2D eigenvalue weighted by molar-refractivity contribution is -0.111. The number of rotatable bonds is 6. The monoisotopic (exact) mass is 488 g/mol. The molecule has 0 radical (unpaired) electrons. The van der Waals surface area contributed by atoms with Gasteiger partial charge in [0.15, 0.2) is 9.84 Å². The third kappa shape index (κ3) is 5.65. The fourth-order valence-electron chi connectivity index (χ4n) is 4.29. The number of benzene rings is 1. The van der Waals surface area contributed by atoms with E-state index in [0.29, 0.717) is 22.9 Å². The number of amides is 2. The lowest BCUT2D eigenvalue weighted by atomic mass is 9.88. The van der Waals surface area contributed by atoms with Gasteiger partial charge in [0.1, 0.15) is 10.8 Å². The van der Waals surface area contributed by atoms with E-state index in [1.807, 2.05) is 24.3 Å². The number of anilines is 1. The van der Waals surface area contributed by atoms with Gasteiger partial charge in [0, 0.05) is 17.0 Å². The van der Waals surface area contributed by atoms with E-state index in [-0.39, 0.29) is 29.4 Å². The van der Waals surface area contributed by atoms with Crippen LogP contribution in [0.5, 0.6) is 5.75 Å². The zero-order valence-corrected chi connectivity index (χ0v) is 20.4. The summed E-state index contributed by atoms with van der Waals surface area (Å²) in [6.45, 7) is 2.18. The van der Waals surface area contributed by atoms with Crippen molar-refractivity contribution in [2.75, 3.05) is 23.9 Å². The van der Waals surface area contributed by atoms with Gasteiger partial charge in [-0.3, -0.25) is 9.59 Å². The van der Waals surface area contributed by atoms with E-state index in [4.69, 9.17) is 4.74 Å². The Hall–Kier alpha value is -2.65. The number of fused-ring (bicyclic) bond motifs is 1. The van der Waals surface area contributed by atoms with Crippen molar-refractivity contribution >= 4 is 44.1 Å². The molecule has 176 valence electrons. The van der Waals surface area contributed by atoms with Gasteiger partial charge < -0.3 is 15.4 Å². The number of sulfone groups is 1. The second-order valence-corrected chi connectivity index (χ2v) is 12.1. The summed E-state index contributed by atoms with van der Waals surface area (Å²) in [7, 11) is -1.50. The normalized spacial score (nSPS) is 21.5. The zero-order chi connectivity index (χ0) is 23.6. The summed E-state index contributed by atoms with van der Waals surface area (Å²) in [5.74, 6) is 0.686. The fourth-order valence-corrected chi connectivity index (χ4v) is 7.37. The van der Waals surface area contributed by atoms with E-state index in [9.17, 15) is 18.0 Å². The first-order chi connectivity index (χ1) is 15.7. The molecule has 2 aliphatic rings. The second kappa shape index (κ2) is 9.69. The summed E-state index contributed by atoms with van der Waals surface area (Å²) in [5.41, 5.74) is 2.31. The van der Waals surface area contributed by atoms with E-state index >= 15 is 0 Å². The summed E-state index contributed by atoms with van der Waals surface area (Å²) in [6, 6.07) is 6.94. The van der Waals surface area contributed by atoms with Crippen molar-refractivity contribution in [2.45, 2.75) is 38.6 Å². The first-order valence-electron chi connectivity index (χ1n) is 11.0. The maximum absolute atomic E-state index is 13.2. The molecule has 2 atom stereocenters. The van der Waals surface area contributed by atoms with Crippen molar-refractivity contribution in [1.29, 1.82) is 0 Å². The molecule has 1 aromatic heterocycles. The van der Waals surface area contributed by atoms with Gasteiger partial charge in [-0.1, -0.05) is 19.1 Å². The molecule has 4 rings (SSSR count). The van der Waals surface area contributed by atoms with Gasteiger partial charge in [-0.05, 0) is 60.9 Å². The lowest BCUT2D eigenvalue weighted by Gasteiger charge is -2.19. The van der Waals surface area contributed by atoms with E-state index in [1.54, 1.807) is 13.2 Å². The summed E-state index contributed by atoms with van der Waals surface area (Å²) in [6.07, 6.45) is 6.18. The van der Waals surface area contributed by atoms with Crippen LogP contribution < -0.4 is 15.4 Å².